The second kappa shape index (κ2) is 8.24. The molecule has 1 heterocycles. The second-order valence-corrected chi connectivity index (χ2v) is 5.96. The van der Waals surface area contributed by atoms with Gasteiger partial charge in [0.2, 0.25) is 0 Å². The van der Waals surface area contributed by atoms with Gasteiger partial charge in [0.15, 0.2) is 11.7 Å². The number of hydrogen-bond acceptors (Lipinski definition) is 4. The smallest absolute Gasteiger partial charge is 0.416 e. The SMILES string of the molecule is O=C(CCc1ncc(-c2ccccc2F)o1)OCc1cccc(C(F)(F)F)c1. The maximum absolute atomic E-state index is 13.7. The monoisotopic (exact) mass is 393 g/mol. The fourth-order valence-corrected chi connectivity index (χ4v) is 2.49. The zero-order valence-electron chi connectivity index (χ0n) is 14.5. The van der Waals surface area contributed by atoms with Gasteiger partial charge in [0.1, 0.15) is 12.4 Å². The summed E-state index contributed by atoms with van der Waals surface area (Å²) in [6, 6.07) is 10.6. The molecule has 0 N–H and O–H groups in total. The summed E-state index contributed by atoms with van der Waals surface area (Å²) in [6.45, 7) is -0.269. The normalized spacial score (nSPS) is 11.4. The Morgan fingerprint density at radius 1 is 1.11 bits per heavy atom. The highest BCUT2D eigenvalue weighted by atomic mass is 19.4. The first-order valence-corrected chi connectivity index (χ1v) is 8.34. The molecule has 0 radical (unpaired) electrons. The number of alkyl halides is 3. The van der Waals surface area contributed by atoms with E-state index in [9.17, 15) is 22.4 Å². The lowest BCUT2D eigenvalue weighted by atomic mass is 10.1. The lowest BCUT2D eigenvalue weighted by molar-refractivity contribution is -0.145. The molecule has 0 saturated carbocycles. The minimum atomic E-state index is -4.46. The van der Waals surface area contributed by atoms with E-state index in [1.54, 1.807) is 18.2 Å². The van der Waals surface area contributed by atoms with Crippen molar-refractivity contribution in [3.63, 3.8) is 0 Å². The maximum atomic E-state index is 13.7. The van der Waals surface area contributed by atoms with Crippen molar-refractivity contribution in [2.45, 2.75) is 25.6 Å². The number of carbonyl (C=O) groups excluding carboxylic acids is 1. The minimum absolute atomic E-state index is 0.0732. The van der Waals surface area contributed by atoms with Gasteiger partial charge < -0.3 is 9.15 Å². The number of halogens is 4. The standard InChI is InChI=1S/C20H15F4NO3/c21-16-7-2-1-6-15(16)17-11-25-18(28-17)8-9-19(26)27-12-13-4-3-5-14(10-13)20(22,23)24/h1-7,10-11H,8-9,12H2. The van der Waals surface area contributed by atoms with Crippen molar-refractivity contribution in [2.75, 3.05) is 0 Å². The van der Waals surface area contributed by atoms with E-state index < -0.39 is 23.5 Å². The highest BCUT2D eigenvalue weighted by Gasteiger charge is 2.30. The van der Waals surface area contributed by atoms with Gasteiger partial charge in [-0.25, -0.2) is 9.37 Å². The summed E-state index contributed by atoms with van der Waals surface area (Å²) in [5.41, 5.74) is -0.309. The quantitative estimate of drug-likeness (QED) is 0.428. The number of aryl methyl sites for hydroxylation is 1. The summed E-state index contributed by atoms with van der Waals surface area (Å²) in [5.74, 6) is -0.589. The van der Waals surface area contributed by atoms with Crippen LogP contribution in [0.15, 0.2) is 59.1 Å². The number of nitrogens with zero attached hydrogens (tertiary/aromatic N) is 1. The zero-order chi connectivity index (χ0) is 20.1. The van der Waals surface area contributed by atoms with Crippen LogP contribution in [0, 0.1) is 5.82 Å². The summed E-state index contributed by atoms with van der Waals surface area (Å²) >= 11 is 0. The highest BCUT2D eigenvalue weighted by molar-refractivity contribution is 5.69. The van der Waals surface area contributed by atoms with Crippen LogP contribution < -0.4 is 0 Å². The summed E-state index contributed by atoms with van der Waals surface area (Å²) in [5, 5.41) is 0. The molecule has 0 bridgehead atoms. The van der Waals surface area contributed by atoms with E-state index in [-0.39, 0.29) is 42.2 Å². The average molecular weight is 393 g/mol. The summed E-state index contributed by atoms with van der Waals surface area (Å²) in [4.78, 5) is 15.8. The first-order chi connectivity index (χ1) is 13.3. The Bertz CT molecular complexity index is 966. The number of aromatic nitrogens is 1. The summed E-state index contributed by atoms with van der Waals surface area (Å²) in [7, 11) is 0. The molecule has 8 heteroatoms. The number of rotatable bonds is 6. The van der Waals surface area contributed by atoms with Gasteiger partial charge in [-0.2, -0.15) is 13.2 Å². The van der Waals surface area contributed by atoms with Crippen molar-refractivity contribution >= 4 is 5.97 Å². The van der Waals surface area contributed by atoms with Crippen LogP contribution in [0.5, 0.6) is 0 Å². The fourth-order valence-electron chi connectivity index (χ4n) is 2.49. The van der Waals surface area contributed by atoms with Crippen LogP contribution in [0.3, 0.4) is 0 Å². The predicted molar refractivity (Wildman–Crippen MR) is 91.5 cm³/mol. The molecule has 0 saturated heterocycles. The van der Waals surface area contributed by atoms with Gasteiger partial charge in [0.05, 0.1) is 23.7 Å². The molecule has 2 aromatic carbocycles. The van der Waals surface area contributed by atoms with Gasteiger partial charge in [-0.1, -0.05) is 24.3 Å². The molecule has 0 aliphatic carbocycles. The fraction of sp³-hybridized carbons (Fsp3) is 0.200. The largest absolute Gasteiger partial charge is 0.461 e. The molecule has 3 aromatic rings. The summed E-state index contributed by atoms with van der Waals surface area (Å²) < 4.78 is 62.2. The third-order valence-electron chi connectivity index (χ3n) is 3.89. The highest BCUT2D eigenvalue weighted by Crippen LogP contribution is 2.29. The molecule has 0 atom stereocenters. The van der Waals surface area contributed by atoms with Crippen LogP contribution in [0.25, 0.3) is 11.3 Å². The van der Waals surface area contributed by atoms with E-state index in [2.05, 4.69) is 4.98 Å². The van der Waals surface area contributed by atoms with Gasteiger partial charge in [0, 0.05) is 6.42 Å². The Balaban J connectivity index is 1.52. The van der Waals surface area contributed by atoms with E-state index in [1.807, 2.05) is 0 Å². The lowest BCUT2D eigenvalue weighted by Gasteiger charge is -2.09. The number of benzene rings is 2. The van der Waals surface area contributed by atoms with Crippen LogP contribution in [-0.4, -0.2) is 11.0 Å². The van der Waals surface area contributed by atoms with Crippen LogP contribution in [0.4, 0.5) is 17.6 Å². The number of carbonyl (C=O) groups is 1. The molecule has 1 aromatic heterocycles. The third kappa shape index (κ3) is 4.97. The van der Waals surface area contributed by atoms with Crippen molar-refractivity contribution in [3.8, 4) is 11.3 Å². The van der Waals surface area contributed by atoms with Gasteiger partial charge in [-0.05, 0) is 29.8 Å². The Labute approximate surface area is 157 Å². The zero-order valence-corrected chi connectivity index (χ0v) is 14.5. The van der Waals surface area contributed by atoms with Crippen LogP contribution in [-0.2, 0) is 28.7 Å². The van der Waals surface area contributed by atoms with E-state index >= 15 is 0 Å². The first-order valence-electron chi connectivity index (χ1n) is 8.34. The van der Waals surface area contributed by atoms with Crippen molar-refractivity contribution in [3.05, 3.63) is 77.6 Å². The van der Waals surface area contributed by atoms with Crippen molar-refractivity contribution in [2.24, 2.45) is 0 Å². The maximum Gasteiger partial charge on any atom is 0.416 e. The Kier molecular flexibility index (Phi) is 5.77. The van der Waals surface area contributed by atoms with E-state index in [0.717, 1.165) is 12.1 Å². The van der Waals surface area contributed by atoms with Crippen LogP contribution in [0.2, 0.25) is 0 Å². The minimum Gasteiger partial charge on any atom is -0.461 e. The molecule has 0 spiro atoms. The molecule has 4 nitrogen and oxygen atoms in total. The molecular formula is C20H15F4NO3. The molecule has 0 fully saturated rings. The van der Waals surface area contributed by atoms with E-state index in [1.165, 1.54) is 24.4 Å². The van der Waals surface area contributed by atoms with E-state index in [4.69, 9.17) is 9.15 Å². The molecule has 0 aliphatic rings. The Morgan fingerprint density at radius 3 is 2.64 bits per heavy atom. The van der Waals surface area contributed by atoms with Crippen LogP contribution >= 0.6 is 0 Å². The van der Waals surface area contributed by atoms with Gasteiger partial charge >= 0.3 is 12.1 Å². The molecule has 0 amide bonds. The van der Waals surface area contributed by atoms with Gasteiger partial charge in [-0.15, -0.1) is 0 Å². The Hall–Kier alpha value is -3.16. The Morgan fingerprint density at radius 2 is 1.89 bits per heavy atom. The molecule has 0 unspecified atom stereocenters. The number of hydrogen-bond donors (Lipinski definition) is 0. The van der Waals surface area contributed by atoms with Crippen LogP contribution in [0.1, 0.15) is 23.4 Å². The molecule has 0 aliphatic heterocycles. The molecule has 3 rings (SSSR count). The second-order valence-electron chi connectivity index (χ2n) is 5.96. The molecular weight excluding hydrogens is 378 g/mol. The predicted octanol–water partition coefficient (Wildman–Crippen LogP) is 5.18. The van der Waals surface area contributed by atoms with Gasteiger partial charge in [-0.3, -0.25) is 4.79 Å². The molecule has 146 valence electrons. The summed E-state index contributed by atoms with van der Waals surface area (Å²) in [6.07, 6.45) is -3.05. The number of ether oxygens (including phenoxy) is 1. The van der Waals surface area contributed by atoms with E-state index in [0.29, 0.717) is 0 Å². The lowest BCUT2D eigenvalue weighted by Crippen LogP contribution is -2.08. The topological polar surface area (TPSA) is 52.3 Å². The average Bonchev–Trinajstić information content (AvgIpc) is 3.13. The number of esters is 1. The molecule has 28 heavy (non-hydrogen) atoms. The first kappa shape index (κ1) is 19.6. The third-order valence-corrected chi connectivity index (χ3v) is 3.89. The van der Waals surface area contributed by atoms with Crippen molar-refractivity contribution < 1.29 is 31.5 Å². The number of oxazole rings is 1. The van der Waals surface area contributed by atoms with Crippen molar-refractivity contribution in [1.29, 1.82) is 0 Å². The van der Waals surface area contributed by atoms with Gasteiger partial charge in [0.25, 0.3) is 0 Å². The van der Waals surface area contributed by atoms with Crippen molar-refractivity contribution in [1.82, 2.24) is 4.98 Å².